The van der Waals surface area contributed by atoms with Gasteiger partial charge in [-0.15, -0.1) is 0 Å². The van der Waals surface area contributed by atoms with Crippen LogP contribution in [0.2, 0.25) is 0 Å². The number of nitrogens with one attached hydrogen (secondary N) is 1. The molecule has 3 rings (SSSR count). The summed E-state index contributed by atoms with van der Waals surface area (Å²) in [6.07, 6.45) is 0. The molecule has 1 aliphatic rings. The van der Waals surface area contributed by atoms with Gasteiger partial charge in [0.25, 0.3) is 5.69 Å². The number of methoxy groups -OCH3 is 3. The van der Waals surface area contributed by atoms with Crippen LogP contribution in [-0.4, -0.2) is 50.5 Å². The number of carbonyl (C=O) groups excluding carboxylic acids is 1. The Morgan fingerprint density at radius 2 is 1.71 bits per heavy atom. The quantitative estimate of drug-likeness (QED) is 0.442. The molecule has 1 N–H and O–H groups in total. The van der Waals surface area contributed by atoms with Crippen molar-refractivity contribution >= 4 is 17.3 Å². The first-order chi connectivity index (χ1) is 13.5. The fourth-order valence-corrected chi connectivity index (χ4v) is 2.93. The Morgan fingerprint density at radius 3 is 2.21 bits per heavy atom. The summed E-state index contributed by atoms with van der Waals surface area (Å²) in [4.78, 5) is 27.6. The molecule has 0 saturated heterocycles. The zero-order valence-electron chi connectivity index (χ0n) is 15.6. The van der Waals surface area contributed by atoms with E-state index in [1.165, 1.54) is 33.5 Å². The minimum Gasteiger partial charge on any atom is -0.493 e. The van der Waals surface area contributed by atoms with Crippen LogP contribution in [0.25, 0.3) is 0 Å². The minimum absolute atomic E-state index is 0.00704. The molecule has 28 heavy (non-hydrogen) atoms. The first kappa shape index (κ1) is 19.2. The van der Waals surface area contributed by atoms with Gasteiger partial charge in [0.05, 0.1) is 32.8 Å². The maximum Gasteiger partial charge on any atom is 0.269 e. The molecule has 0 bridgehead atoms. The Kier molecular flexibility index (Phi) is 5.44. The summed E-state index contributed by atoms with van der Waals surface area (Å²) in [5.41, 5.74) is 1.06. The second-order valence-electron chi connectivity index (χ2n) is 5.97. The highest BCUT2D eigenvalue weighted by atomic mass is 16.6. The van der Waals surface area contributed by atoms with Crippen molar-refractivity contribution in [3.63, 3.8) is 0 Å². The number of hydrogen-bond acceptors (Lipinski definition) is 8. The van der Waals surface area contributed by atoms with Crippen LogP contribution in [0.5, 0.6) is 17.2 Å². The number of ketones is 1. The van der Waals surface area contributed by atoms with Gasteiger partial charge in [-0.25, -0.2) is 0 Å². The highest BCUT2D eigenvalue weighted by molar-refractivity contribution is 6.08. The monoisotopic (exact) mass is 385 g/mol. The average molecular weight is 385 g/mol. The van der Waals surface area contributed by atoms with Gasteiger partial charge in [-0.3, -0.25) is 19.9 Å². The number of rotatable bonds is 7. The van der Waals surface area contributed by atoms with Crippen molar-refractivity contribution in [1.82, 2.24) is 5.32 Å². The molecule has 2 aromatic rings. The van der Waals surface area contributed by atoms with Crippen LogP contribution >= 0.6 is 0 Å². The van der Waals surface area contributed by atoms with Crippen molar-refractivity contribution in [2.24, 2.45) is 4.99 Å². The summed E-state index contributed by atoms with van der Waals surface area (Å²) in [6.45, 7) is 0.252. The van der Waals surface area contributed by atoms with Gasteiger partial charge in [0.15, 0.2) is 17.3 Å². The van der Waals surface area contributed by atoms with Gasteiger partial charge in [-0.05, 0) is 24.3 Å². The SMILES string of the molecule is COc1cc(C(=O)C2CN=C(c3ccc([N+](=O)[O-])cc3)N2)cc(OC)c1OC. The first-order valence-electron chi connectivity index (χ1n) is 8.38. The van der Waals surface area contributed by atoms with Crippen LogP contribution in [0.1, 0.15) is 15.9 Å². The number of amidine groups is 1. The van der Waals surface area contributed by atoms with Gasteiger partial charge in [0.1, 0.15) is 11.9 Å². The standard InChI is InChI=1S/C19H19N3O6/c1-26-15-8-12(9-16(27-2)18(15)28-3)17(23)14-10-20-19(21-14)11-4-6-13(7-5-11)22(24)25/h4-9,14H,10H2,1-3H3,(H,20,21). The number of hydrogen-bond donors (Lipinski definition) is 1. The lowest BCUT2D eigenvalue weighted by Gasteiger charge is -2.16. The Bertz CT molecular complexity index is 914. The molecular formula is C19H19N3O6. The van der Waals surface area contributed by atoms with Gasteiger partial charge < -0.3 is 19.5 Å². The minimum atomic E-state index is -0.562. The second-order valence-corrected chi connectivity index (χ2v) is 5.97. The van der Waals surface area contributed by atoms with Crippen molar-refractivity contribution < 1.29 is 23.9 Å². The number of nitro groups is 1. The predicted octanol–water partition coefficient (Wildman–Crippen LogP) is 2.22. The van der Waals surface area contributed by atoms with E-state index >= 15 is 0 Å². The Morgan fingerprint density at radius 1 is 1.11 bits per heavy atom. The zero-order valence-corrected chi connectivity index (χ0v) is 15.6. The number of Topliss-reactive ketones (excluding diaryl/α,β-unsaturated/α-hetero) is 1. The summed E-state index contributed by atoms with van der Waals surface area (Å²) in [5.74, 6) is 1.52. The number of nitro benzene ring substituents is 1. The molecule has 1 heterocycles. The maximum absolute atomic E-state index is 12.9. The maximum atomic E-state index is 12.9. The molecule has 146 valence electrons. The van der Waals surface area contributed by atoms with Crippen molar-refractivity contribution in [3.05, 3.63) is 57.6 Å². The zero-order chi connectivity index (χ0) is 20.3. The van der Waals surface area contributed by atoms with Crippen LogP contribution < -0.4 is 19.5 Å². The average Bonchev–Trinajstić information content (AvgIpc) is 3.22. The fraction of sp³-hybridized carbons (Fsp3) is 0.263. The molecule has 0 aromatic heterocycles. The lowest BCUT2D eigenvalue weighted by Crippen LogP contribution is -2.37. The predicted molar refractivity (Wildman–Crippen MR) is 102 cm³/mol. The summed E-state index contributed by atoms with van der Waals surface area (Å²) in [7, 11) is 4.45. The molecule has 0 spiro atoms. The molecule has 0 amide bonds. The van der Waals surface area contributed by atoms with E-state index in [1.807, 2.05) is 0 Å². The summed E-state index contributed by atoms with van der Waals surface area (Å²) in [6, 6.07) is 8.60. The van der Waals surface area contributed by atoms with Crippen molar-refractivity contribution in [3.8, 4) is 17.2 Å². The van der Waals surface area contributed by atoms with Crippen LogP contribution in [0.15, 0.2) is 41.4 Å². The molecule has 9 heteroatoms. The molecule has 0 radical (unpaired) electrons. The molecule has 1 aliphatic heterocycles. The number of non-ortho nitro benzene ring substituents is 1. The van der Waals surface area contributed by atoms with Crippen molar-refractivity contribution in [2.75, 3.05) is 27.9 Å². The molecule has 0 fully saturated rings. The molecule has 1 atom stereocenters. The molecule has 2 aromatic carbocycles. The summed E-state index contributed by atoms with van der Waals surface area (Å²) < 4.78 is 15.9. The Labute approximate surface area is 161 Å². The van der Waals surface area contributed by atoms with Crippen molar-refractivity contribution in [2.45, 2.75) is 6.04 Å². The number of ether oxygens (including phenoxy) is 3. The highest BCUT2D eigenvalue weighted by Crippen LogP contribution is 2.38. The van der Waals surface area contributed by atoms with E-state index in [1.54, 1.807) is 24.3 Å². The molecule has 1 unspecified atom stereocenters. The van der Waals surface area contributed by atoms with Gasteiger partial charge in [-0.1, -0.05) is 0 Å². The highest BCUT2D eigenvalue weighted by Gasteiger charge is 2.28. The second kappa shape index (κ2) is 7.95. The van der Waals surface area contributed by atoms with E-state index in [9.17, 15) is 14.9 Å². The smallest absolute Gasteiger partial charge is 0.269 e. The number of nitrogens with zero attached hydrogens (tertiary/aromatic N) is 2. The first-order valence-corrected chi connectivity index (χ1v) is 8.38. The third-order valence-electron chi connectivity index (χ3n) is 4.36. The number of benzene rings is 2. The third-order valence-corrected chi connectivity index (χ3v) is 4.36. The van der Waals surface area contributed by atoms with E-state index in [0.29, 0.717) is 34.2 Å². The molecular weight excluding hydrogens is 366 g/mol. The van der Waals surface area contributed by atoms with E-state index in [0.717, 1.165) is 0 Å². The largest absolute Gasteiger partial charge is 0.493 e. The van der Waals surface area contributed by atoms with E-state index in [2.05, 4.69) is 10.3 Å². The topological polar surface area (TPSA) is 112 Å². The van der Waals surface area contributed by atoms with E-state index in [-0.39, 0.29) is 18.0 Å². The lowest BCUT2D eigenvalue weighted by molar-refractivity contribution is -0.384. The molecule has 0 aliphatic carbocycles. The van der Waals surface area contributed by atoms with E-state index < -0.39 is 11.0 Å². The van der Waals surface area contributed by atoms with E-state index in [4.69, 9.17) is 14.2 Å². The summed E-state index contributed by atoms with van der Waals surface area (Å²) in [5, 5.41) is 13.8. The number of aliphatic imine (C=N–C) groups is 1. The van der Waals surface area contributed by atoms with Gasteiger partial charge >= 0.3 is 0 Å². The third kappa shape index (κ3) is 3.59. The van der Waals surface area contributed by atoms with Gasteiger partial charge in [0.2, 0.25) is 5.75 Å². The Balaban J connectivity index is 1.79. The van der Waals surface area contributed by atoms with Gasteiger partial charge in [0, 0.05) is 23.3 Å². The van der Waals surface area contributed by atoms with Gasteiger partial charge in [-0.2, -0.15) is 0 Å². The van der Waals surface area contributed by atoms with Crippen LogP contribution in [-0.2, 0) is 0 Å². The number of carbonyl (C=O) groups is 1. The van der Waals surface area contributed by atoms with Crippen LogP contribution in [0, 0.1) is 10.1 Å². The molecule has 9 nitrogen and oxygen atoms in total. The van der Waals surface area contributed by atoms with Crippen LogP contribution in [0.3, 0.4) is 0 Å². The fourth-order valence-electron chi connectivity index (χ4n) is 2.93. The van der Waals surface area contributed by atoms with Crippen molar-refractivity contribution in [1.29, 1.82) is 0 Å². The lowest BCUT2D eigenvalue weighted by atomic mass is 10.0. The van der Waals surface area contributed by atoms with Crippen LogP contribution in [0.4, 0.5) is 5.69 Å². The summed E-state index contributed by atoms with van der Waals surface area (Å²) >= 11 is 0. The normalized spacial score (nSPS) is 15.4. The molecule has 0 saturated carbocycles. The Hall–Kier alpha value is -3.62.